The van der Waals surface area contributed by atoms with E-state index in [1.54, 1.807) is 31.4 Å². The largest absolute Gasteiger partial charge is 0.495 e. The summed E-state index contributed by atoms with van der Waals surface area (Å²) in [6.45, 7) is 3.86. The van der Waals surface area contributed by atoms with Gasteiger partial charge in [-0.2, -0.15) is 0 Å². The molecule has 6 heteroatoms. The third kappa shape index (κ3) is 4.99. The van der Waals surface area contributed by atoms with Crippen LogP contribution in [0.4, 0.5) is 5.69 Å². The number of rotatable bonds is 9. The van der Waals surface area contributed by atoms with Crippen molar-refractivity contribution >= 4 is 11.7 Å². The third-order valence-corrected chi connectivity index (χ3v) is 3.61. The normalized spacial score (nSPS) is 11.4. The van der Waals surface area contributed by atoms with E-state index in [0.717, 1.165) is 0 Å². The molecule has 1 atom stereocenters. The van der Waals surface area contributed by atoms with Gasteiger partial charge in [0.25, 0.3) is 0 Å². The van der Waals surface area contributed by atoms with Gasteiger partial charge in [-0.3, -0.25) is 9.80 Å². The van der Waals surface area contributed by atoms with Gasteiger partial charge < -0.3 is 20.4 Å². The molecule has 132 valence electrons. The fourth-order valence-electron chi connectivity index (χ4n) is 2.34. The number of anilines is 1. The van der Waals surface area contributed by atoms with Crippen molar-refractivity contribution in [1.29, 1.82) is 0 Å². The van der Waals surface area contributed by atoms with Crippen molar-refractivity contribution in [3.8, 4) is 5.75 Å². The molecule has 0 heterocycles. The number of nitrogens with zero attached hydrogens (tertiary/aromatic N) is 1. The molecule has 0 aliphatic carbocycles. The van der Waals surface area contributed by atoms with E-state index in [2.05, 4.69) is 12.0 Å². The molecule has 2 rings (SSSR count). The molecule has 25 heavy (non-hydrogen) atoms. The molecule has 6 nitrogen and oxygen atoms in total. The first-order chi connectivity index (χ1) is 12.0. The number of ether oxygens (including phenoxy) is 1. The maximum absolute atomic E-state index is 10.8. The Balaban J connectivity index is 2.31. The molecule has 0 radical (unpaired) electrons. The summed E-state index contributed by atoms with van der Waals surface area (Å²) in [6, 6.07) is 16.4. The number of benzene rings is 2. The minimum atomic E-state index is -1.01. The highest BCUT2D eigenvalue weighted by Crippen LogP contribution is 2.32. The van der Waals surface area contributed by atoms with Crippen molar-refractivity contribution in [2.24, 2.45) is 0 Å². The molecule has 3 N–H and O–H groups in total. The summed E-state index contributed by atoms with van der Waals surface area (Å²) >= 11 is 0. The highest BCUT2D eigenvalue weighted by Gasteiger charge is 2.22. The predicted molar refractivity (Wildman–Crippen MR) is 96.0 cm³/mol. The van der Waals surface area contributed by atoms with Gasteiger partial charge in [0.15, 0.2) is 6.23 Å². The number of methoxy groups -OCH3 is 1. The Morgan fingerprint density at radius 1 is 1.16 bits per heavy atom. The fraction of sp³-hybridized carbons (Fsp3) is 0.211. The Hall–Kier alpha value is -2.99. The average molecular weight is 342 g/mol. The number of aliphatic hydroxyl groups is 1. The zero-order valence-corrected chi connectivity index (χ0v) is 14.1. The van der Waals surface area contributed by atoms with Crippen molar-refractivity contribution < 1.29 is 19.7 Å². The SMILES string of the molecule is C=C(CCC(=O)O)NN(c1ccccc1OC)C(O)c1ccccc1. The minimum Gasteiger partial charge on any atom is -0.495 e. The Labute approximate surface area is 146 Å². The van der Waals surface area contributed by atoms with E-state index in [1.165, 1.54) is 5.01 Å². The van der Waals surface area contributed by atoms with Crippen LogP contribution in [0, 0.1) is 0 Å². The lowest BCUT2D eigenvalue weighted by Crippen LogP contribution is -2.40. The Morgan fingerprint density at radius 2 is 1.80 bits per heavy atom. The molecule has 0 fully saturated rings. The van der Waals surface area contributed by atoms with Crippen LogP contribution in [0.2, 0.25) is 0 Å². The summed E-state index contributed by atoms with van der Waals surface area (Å²) in [7, 11) is 1.55. The molecule has 0 aromatic heterocycles. The monoisotopic (exact) mass is 342 g/mol. The first-order valence-corrected chi connectivity index (χ1v) is 7.84. The zero-order valence-electron chi connectivity index (χ0n) is 14.1. The standard InChI is InChI=1S/C19H22N2O4/c1-14(12-13-18(22)23)20-21(16-10-6-7-11-17(16)25-2)19(24)15-8-4-3-5-9-15/h3-11,19-20,24H,1,12-13H2,2H3,(H,22,23). The van der Waals surface area contributed by atoms with Crippen LogP contribution in [-0.4, -0.2) is 23.3 Å². The lowest BCUT2D eigenvalue weighted by atomic mass is 10.1. The fourth-order valence-corrected chi connectivity index (χ4v) is 2.34. The van der Waals surface area contributed by atoms with Crippen LogP contribution in [0.15, 0.2) is 66.9 Å². The van der Waals surface area contributed by atoms with E-state index in [1.807, 2.05) is 30.3 Å². The Bertz CT molecular complexity index is 718. The van der Waals surface area contributed by atoms with Gasteiger partial charge in [0.2, 0.25) is 0 Å². The molecule has 0 aliphatic rings. The highest BCUT2D eigenvalue weighted by molar-refractivity contribution is 5.67. The van der Waals surface area contributed by atoms with E-state index >= 15 is 0 Å². The number of hydrogen-bond acceptors (Lipinski definition) is 5. The van der Waals surface area contributed by atoms with Crippen LogP contribution in [0.1, 0.15) is 24.6 Å². The molecule has 2 aromatic rings. The molecule has 0 saturated heterocycles. The number of para-hydroxylation sites is 2. The van der Waals surface area contributed by atoms with Crippen molar-refractivity contribution in [1.82, 2.24) is 5.43 Å². The van der Waals surface area contributed by atoms with E-state index in [9.17, 15) is 9.90 Å². The van der Waals surface area contributed by atoms with E-state index in [4.69, 9.17) is 9.84 Å². The van der Waals surface area contributed by atoms with Crippen LogP contribution < -0.4 is 15.2 Å². The van der Waals surface area contributed by atoms with Crippen molar-refractivity contribution in [3.63, 3.8) is 0 Å². The van der Waals surface area contributed by atoms with Crippen molar-refractivity contribution in [3.05, 3.63) is 72.4 Å². The number of carboxylic acids is 1. The molecule has 0 aliphatic heterocycles. The summed E-state index contributed by atoms with van der Waals surface area (Å²) < 4.78 is 5.38. The molecule has 2 aromatic carbocycles. The summed E-state index contributed by atoms with van der Waals surface area (Å²) in [5, 5.41) is 21.2. The second-order valence-electron chi connectivity index (χ2n) is 5.44. The number of aliphatic carboxylic acids is 1. The van der Waals surface area contributed by atoms with Crippen molar-refractivity contribution in [2.45, 2.75) is 19.1 Å². The van der Waals surface area contributed by atoms with E-state index in [0.29, 0.717) is 22.7 Å². The average Bonchev–Trinajstić information content (AvgIpc) is 2.64. The summed E-state index contributed by atoms with van der Waals surface area (Å²) in [5.74, 6) is -0.341. The first kappa shape index (κ1) is 18.4. The van der Waals surface area contributed by atoms with E-state index < -0.39 is 12.2 Å². The molecule has 0 bridgehead atoms. The maximum atomic E-state index is 10.8. The maximum Gasteiger partial charge on any atom is 0.303 e. The molecule has 0 spiro atoms. The third-order valence-electron chi connectivity index (χ3n) is 3.61. The summed E-state index contributed by atoms with van der Waals surface area (Å²) in [6.07, 6.45) is -0.825. The number of allylic oxidation sites excluding steroid dienone is 1. The number of carboxylic acid groups (broad SMARTS) is 1. The number of carbonyl (C=O) groups is 1. The Morgan fingerprint density at radius 3 is 2.44 bits per heavy atom. The van der Waals surface area contributed by atoms with Gasteiger partial charge in [-0.05, 0) is 18.6 Å². The van der Waals surface area contributed by atoms with E-state index in [-0.39, 0.29) is 12.8 Å². The molecule has 0 amide bonds. The zero-order chi connectivity index (χ0) is 18.2. The topological polar surface area (TPSA) is 82.0 Å². The smallest absolute Gasteiger partial charge is 0.303 e. The van der Waals surface area contributed by atoms with Crippen LogP contribution in [-0.2, 0) is 4.79 Å². The van der Waals surface area contributed by atoms with Gasteiger partial charge in [0.1, 0.15) is 11.4 Å². The van der Waals surface area contributed by atoms with Crippen LogP contribution in [0.3, 0.4) is 0 Å². The van der Waals surface area contributed by atoms with Gasteiger partial charge in [0, 0.05) is 11.3 Å². The second kappa shape index (κ2) is 8.75. The summed E-state index contributed by atoms with van der Waals surface area (Å²) in [4.78, 5) is 10.8. The lowest BCUT2D eigenvalue weighted by Gasteiger charge is -2.33. The molecular weight excluding hydrogens is 320 g/mol. The van der Waals surface area contributed by atoms with Gasteiger partial charge in [0.05, 0.1) is 13.5 Å². The van der Waals surface area contributed by atoms with Gasteiger partial charge >= 0.3 is 5.97 Å². The van der Waals surface area contributed by atoms with Gasteiger partial charge in [-0.1, -0.05) is 49.0 Å². The van der Waals surface area contributed by atoms with Gasteiger partial charge in [-0.15, -0.1) is 0 Å². The quantitative estimate of drug-likeness (QED) is 0.480. The lowest BCUT2D eigenvalue weighted by molar-refractivity contribution is -0.136. The molecular formula is C19H22N2O4. The number of hydrogen-bond donors (Lipinski definition) is 3. The second-order valence-corrected chi connectivity index (χ2v) is 5.44. The molecule has 0 saturated carbocycles. The Kier molecular flexibility index (Phi) is 6.42. The minimum absolute atomic E-state index is 0.0486. The number of hydrazine groups is 1. The van der Waals surface area contributed by atoms with Crippen LogP contribution in [0.25, 0.3) is 0 Å². The predicted octanol–water partition coefficient (Wildman–Crippen LogP) is 3.08. The number of aliphatic hydroxyl groups excluding tert-OH is 1. The van der Waals surface area contributed by atoms with Crippen LogP contribution in [0.5, 0.6) is 5.75 Å². The first-order valence-electron chi connectivity index (χ1n) is 7.84. The highest BCUT2D eigenvalue weighted by atomic mass is 16.5. The van der Waals surface area contributed by atoms with Gasteiger partial charge in [-0.25, -0.2) is 0 Å². The van der Waals surface area contributed by atoms with Crippen LogP contribution >= 0.6 is 0 Å². The van der Waals surface area contributed by atoms with Crippen molar-refractivity contribution in [2.75, 3.05) is 12.1 Å². The number of nitrogens with one attached hydrogen (secondary N) is 1. The molecule has 1 unspecified atom stereocenters. The summed E-state index contributed by atoms with van der Waals surface area (Å²) in [5.41, 5.74) is 4.76.